The largest absolute Gasteiger partial charge is 0.493 e. The number of fused-ring (bicyclic) bond motifs is 1. The fourth-order valence-corrected chi connectivity index (χ4v) is 2.66. The smallest absolute Gasteiger partial charge is 0.122 e. The molecular formula is C14H18O3. The lowest BCUT2D eigenvalue weighted by atomic mass is 9.67. The van der Waals surface area contributed by atoms with Gasteiger partial charge in [-0.1, -0.05) is 12.1 Å². The monoisotopic (exact) mass is 234 g/mol. The Balaban J connectivity index is 2.03. The van der Waals surface area contributed by atoms with E-state index < -0.39 is 5.60 Å². The van der Waals surface area contributed by atoms with Crippen LogP contribution in [0.5, 0.6) is 5.75 Å². The average Bonchev–Trinajstić information content (AvgIpc) is 2.60. The maximum atomic E-state index is 10.4. The van der Waals surface area contributed by atoms with Crippen molar-refractivity contribution < 1.29 is 14.6 Å². The van der Waals surface area contributed by atoms with Crippen molar-refractivity contribution in [3.63, 3.8) is 0 Å². The molecule has 0 unspecified atom stereocenters. The van der Waals surface area contributed by atoms with Gasteiger partial charge in [-0.15, -0.1) is 0 Å². The Kier molecular flexibility index (Phi) is 2.25. The Morgan fingerprint density at radius 3 is 2.65 bits per heavy atom. The van der Waals surface area contributed by atoms with Crippen LogP contribution in [0.15, 0.2) is 18.2 Å². The first-order valence-electron chi connectivity index (χ1n) is 6.09. The van der Waals surface area contributed by atoms with Crippen molar-refractivity contribution in [1.82, 2.24) is 0 Å². The van der Waals surface area contributed by atoms with Crippen molar-refractivity contribution in [2.24, 2.45) is 0 Å². The second-order valence-corrected chi connectivity index (χ2v) is 5.55. The van der Waals surface area contributed by atoms with Crippen LogP contribution in [0.2, 0.25) is 0 Å². The molecule has 0 saturated carbocycles. The van der Waals surface area contributed by atoms with E-state index in [2.05, 4.69) is 12.1 Å². The van der Waals surface area contributed by atoms with Crippen LogP contribution in [0.1, 0.15) is 25.0 Å². The quantitative estimate of drug-likeness (QED) is 0.845. The van der Waals surface area contributed by atoms with Crippen molar-refractivity contribution >= 4 is 0 Å². The van der Waals surface area contributed by atoms with Crippen LogP contribution in [0, 0.1) is 0 Å². The molecule has 1 fully saturated rings. The van der Waals surface area contributed by atoms with E-state index in [1.165, 1.54) is 11.1 Å². The first-order valence-corrected chi connectivity index (χ1v) is 6.09. The van der Waals surface area contributed by atoms with E-state index in [4.69, 9.17) is 9.47 Å². The van der Waals surface area contributed by atoms with E-state index in [9.17, 15) is 5.11 Å². The molecule has 1 N–H and O–H groups in total. The lowest BCUT2D eigenvalue weighted by molar-refractivity contribution is -0.157. The van der Waals surface area contributed by atoms with E-state index in [0.29, 0.717) is 13.2 Å². The molecule has 0 amide bonds. The van der Waals surface area contributed by atoms with Gasteiger partial charge in [0.15, 0.2) is 0 Å². The first-order chi connectivity index (χ1) is 8.03. The summed E-state index contributed by atoms with van der Waals surface area (Å²) in [6.45, 7) is 5.68. The summed E-state index contributed by atoms with van der Waals surface area (Å²) in [5.41, 5.74) is 1.39. The molecule has 92 valence electrons. The van der Waals surface area contributed by atoms with E-state index in [1.807, 2.05) is 19.9 Å². The predicted molar refractivity (Wildman–Crippen MR) is 64.4 cm³/mol. The van der Waals surface area contributed by atoms with E-state index in [1.54, 1.807) is 0 Å². The molecule has 0 aromatic heterocycles. The highest BCUT2D eigenvalue weighted by atomic mass is 16.5. The molecule has 0 bridgehead atoms. The van der Waals surface area contributed by atoms with Crippen LogP contribution >= 0.6 is 0 Å². The summed E-state index contributed by atoms with van der Waals surface area (Å²) in [5, 5.41) is 10.4. The second kappa shape index (κ2) is 3.47. The molecule has 3 heteroatoms. The van der Waals surface area contributed by atoms with Crippen molar-refractivity contribution in [3.05, 3.63) is 29.3 Å². The minimum absolute atomic E-state index is 0.259. The van der Waals surface area contributed by atoms with Gasteiger partial charge in [-0.05, 0) is 31.0 Å². The van der Waals surface area contributed by atoms with Gasteiger partial charge in [-0.25, -0.2) is 0 Å². The minimum Gasteiger partial charge on any atom is -0.493 e. The lowest BCUT2D eigenvalue weighted by Crippen LogP contribution is -2.60. The van der Waals surface area contributed by atoms with Crippen molar-refractivity contribution in [3.8, 4) is 5.75 Å². The molecule has 0 radical (unpaired) electrons. The number of aliphatic hydroxyl groups is 1. The van der Waals surface area contributed by atoms with Crippen molar-refractivity contribution in [1.29, 1.82) is 0 Å². The Morgan fingerprint density at radius 2 is 2.06 bits per heavy atom. The average molecular weight is 234 g/mol. The minimum atomic E-state index is -0.765. The van der Waals surface area contributed by atoms with Gasteiger partial charge in [0.05, 0.1) is 30.8 Å². The molecule has 17 heavy (non-hydrogen) atoms. The van der Waals surface area contributed by atoms with Crippen LogP contribution in [-0.4, -0.2) is 30.5 Å². The number of ether oxygens (including phenoxy) is 2. The molecule has 3 nitrogen and oxygen atoms in total. The Hall–Kier alpha value is -1.06. The van der Waals surface area contributed by atoms with Gasteiger partial charge in [0.25, 0.3) is 0 Å². The van der Waals surface area contributed by atoms with Gasteiger partial charge in [-0.3, -0.25) is 0 Å². The van der Waals surface area contributed by atoms with Gasteiger partial charge in [0.2, 0.25) is 0 Å². The summed E-state index contributed by atoms with van der Waals surface area (Å²) < 4.78 is 10.9. The van der Waals surface area contributed by atoms with E-state index >= 15 is 0 Å². The van der Waals surface area contributed by atoms with Gasteiger partial charge >= 0.3 is 0 Å². The molecular weight excluding hydrogens is 216 g/mol. The molecule has 2 aliphatic rings. The third kappa shape index (κ3) is 1.49. The van der Waals surface area contributed by atoms with Gasteiger partial charge in [-0.2, -0.15) is 0 Å². The van der Waals surface area contributed by atoms with Crippen molar-refractivity contribution in [2.45, 2.75) is 31.3 Å². The molecule has 0 atom stereocenters. The third-order valence-corrected chi connectivity index (χ3v) is 4.11. The highest BCUT2D eigenvalue weighted by molar-refractivity contribution is 5.44. The van der Waals surface area contributed by atoms with E-state index in [-0.39, 0.29) is 5.41 Å². The maximum absolute atomic E-state index is 10.4. The number of hydrogen-bond acceptors (Lipinski definition) is 3. The summed E-state index contributed by atoms with van der Waals surface area (Å²) in [4.78, 5) is 0. The summed E-state index contributed by atoms with van der Waals surface area (Å²) in [7, 11) is 0. The summed E-state index contributed by atoms with van der Waals surface area (Å²) >= 11 is 0. The summed E-state index contributed by atoms with van der Waals surface area (Å²) in [5.74, 6) is 0.986. The first kappa shape index (κ1) is 11.1. The van der Waals surface area contributed by atoms with Gasteiger partial charge in [0, 0.05) is 6.42 Å². The summed E-state index contributed by atoms with van der Waals surface area (Å²) in [6.07, 6.45) is 0.964. The molecule has 1 saturated heterocycles. The van der Waals surface area contributed by atoms with Crippen LogP contribution < -0.4 is 4.74 Å². The van der Waals surface area contributed by atoms with Gasteiger partial charge < -0.3 is 14.6 Å². The molecule has 0 aliphatic carbocycles. The van der Waals surface area contributed by atoms with Crippen LogP contribution in [0.25, 0.3) is 0 Å². The zero-order valence-corrected chi connectivity index (χ0v) is 10.3. The predicted octanol–water partition coefficient (Wildman–Crippen LogP) is 1.66. The Morgan fingerprint density at radius 1 is 1.29 bits per heavy atom. The normalized spacial score (nSPS) is 21.6. The summed E-state index contributed by atoms with van der Waals surface area (Å²) in [6, 6.07) is 6.25. The van der Waals surface area contributed by atoms with Gasteiger partial charge in [0.1, 0.15) is 5.75 Å². The Bertz CT molecular complexity index is 441. The second-order valence-electron chi connectivity index (χ2n) is 5.55. The molecule has 1 aromatic carbocycles. The van der Waals surface area contributed by atoms with Crippen LogP contribution in [0.4, 0.5) is 0 Å². The van der Waals surface area contributed by atoms with E-state index in [0.717, 1.165) is 18.8 Å². The highest BCUT2D eigenvalue weighted by Crippen LogP contribution is 2.43. The van der Waals surface area contributed by atoms with Crippen LogP contribution in [-0.2, 0) is 16.6 Å². The Labute approximate surface area is 101 Å². The highest BCUT2D eigenvalue weighted by Gasteiger charge is 2.51. The maximum Gasteiger partial charge on any atom is 0.122 e. The molecule has 2 aliphatic heterocycles. The lowest BCUT2D eigenvalue weighted by Gasteiger charge is -2.50. The molecule has 1 aromatic rings. The van der Waals surface area contributed by atoms with Crippen LogP contribution in [0.3, 0.4) is 0 Å². The topological polar surface area (TPSA) is 38.7 Å². The fourth-order valence-electron chi connectivity index (χ4n) is 2.66. The zero-order valence-electron chi connectivity index (χ0n) is 10.3. The number of benzene rings is 1. The number of hydrogen-bond donors (Lipinski definition) is 1. The zero-order chi connectivity index (χ0) is 12.1. The number of rotatable bonds is 2. The molecule has 2 heterocycles. The standard InChI is InChI=1S/C14H18O3/c1-13(2,15)14(8-16-9-14)11-3-4-12-10(7-11)5-6-17-12/h3-4,7,15H,5-6,8-9H2,1-2H3. The third-order valence-electron chi connectivity index (χ3n) is 4.11. The molecule has 0 spiro atoms. The SMILES string of the molecule is CC(C)(O)C1(c2ccc3c(c2)CCO3)COC1. The fraction of sp³-hybridized carbons (Fsp3) is 0.571. The molecule has 3 rings (SSSR count). The van der Waals surface area contributed by atoms with Crippen molar-refractivity contribution in [2.75, 3.05) is 19.8 Å².